The number of aryl methyl sites for hydroxylation is 2. The molecule has 0 aliphatic rings. The van der Waals surface area contributed by atoms with E-state index in [2.05, 4.69) is 12.0 Å². The lowest BCUT2D eigenvalue weighted by Gasteiger charge is -2.23. The van der Waals surface area contributed by atoms with Gasteiger partial charge >= 0.3 is 17.2 Å². The molecule has 1 unspecified atom stereocenters. The molecular weight excluding hydrogens is 466 g/mol. The number of nitrogens with zero attached hydrogens (tertiary/aromatic N) is 3. The first-order chi connectivity index (χ1) is 16.7. The minimum Gasteiger partial charge on any atom is -0.480 e. The van der Waals surface area contributed by atoms with E-state index < -0.39 is 22.0 Å². The van der Waals surface area contributed by atoms with Crippen LogP contribution in [0.3, 0.4) is 0 Å². The monoisotopic (exact) mass is 505 g/mol. The molecule has 1 aromatic heterocycles. The maximum absolute atomic E-state index is 12.4. The Morgan fingerprint density at radius 1 is 1.11 bits per heavy atom. The number of carboxylic acids is 1. The Balaban J connectivity index is 1.96. The molecule has 1 aromatic carbocycles. The summed E-state index contributed by atoms with van der Waals surface area (Å²) in [6, 6.07) is 7.87. The standard InChI is InChI=1S/C26H39N3O5S/c1-5-7-8-9-10-17-29-25(33)28(4)23(30)22(27-29)34-18-12-14-20-13-11-15-21(19-20)35-26(3,16-6-2)24(31)32/h11,13,15,19H,5-10,12,14,16-18H2,1-4H3,(H,31,32). The fraction of sp³-hybridized carbons (Fsp3) is 0.615. The topological polar surface area (TPSA) is 103 Å². The van der Waals surface area contributed by atoms with Crippen LogP contribution >= 0.6 is 11.8 Å². The van der Waals surface area contributed by atoms with E-state index in [-0.39, 0.29) is 12.5 Å². The zero-order valence-electron chi connectivity index (χ0n) is 21.4. The number of ether oxygens (including phenoxy) is 1. The van der Waals surface area contributed by atoms with Gasteiger partial charge in [-0.15, -0.1) is 16.9 Å². The highest BCUT2D eigenvalue weighted by Gasteiger charge is 2.33. The van der Waals surface area contributed by atoms with Crippen LogP contribution in [0.1, 0.15) is 77.7 Å². The van der Waals surface area contributed by atoms with E-state index >= 15 is 0 Å². The third-order valence-corrected chi connectivity index (χ3v) is 7.27. The van der Waals surface area contributed by atoms with Crippen molar-refractivity contribution < 1.29 is 14.6 Å². The Labute approximate surface area is 211 Å². The first kappa shape index (κ1) is 28.7. The molecule has 1 atom stereocenters. The van der Waals surface area contributed by atoms with E-state index in [9.17, 15) is 19.5 Å². The van der Waals surface area contributed by atoms with Gasteiger partial charge < -0.3 is 9.84 Å². The second-order valence-corrected chi connectivity index (χ2v) is 10.7. The molecule has 35 heavy (non-hydrogen) atoms. The number of carbonyl (C=O) groups is 1. The summed E-state index contributed by atoms with van der Waals surface area (Å²) in [6.07, 6.45) is 8.04. The number of carboxylic acid groups (broad SMARTS) is 1. The van der Waals surface area contributed by atoms with E-state index in [1.54, 1.807) is 6.92 Å². The highest BCUT2D eigenvalue weighted by molar-refractivity contribution is 8.01. The van der Waals surface area contributed by atoms with E-state index in [0.29, 0.717) is 25.8 Å². The van der Waals surface area contributed by atoms with Crippen LogP contribution in [0, 0.1) is 0 Å². The highest BCUT2D eigenvalue weighted by atomic mass is 32.2. The first-order valence-corrected chi connectivity index (χ1v) is 13.4. The summed E-state index contributed by atoms with van der Waals surface area (Å²) in [5, 5.41) is 13.8. The van der Waals surface area contributed by atoms with Crippen molar-refractivity contribution >= 4 is 17.7 Å². The van der Waals surface area contributed by atoms with Crippen molar-refractivity contribution in [1.29, 1.82) is 0 Å². The van der Waals surface area contributed by atoms with Crippen LogP contribution in [-0.2, 0) is 24.8 Å². The van der Waals surface area contributed by atoms with Crippen molar-refractivity contribution in [3.63, 3.8) is 0 Å². The molecule has 0 bridgehead atoms. The summed E-state index contributed by atoms with van der Waals surface area (Å²) in [4.78, 5) is 37.4. The predicted molar refractivity (Wildman–Crippen MR) is 140 cm³/mol. The van der Waals surface area contributed by atoms with Gasteiger partial charge in [-0.25, -0.2) is 9.48 Å². The third kappa shape index (κ3) is 8.56. The third-order valence-electron chi connectivity index (χ3n) is 5.95. The number of aliphatic carboxylic acids is 1. The summed E-state index contributed by atoms with van der Waals surface area (Å²) < 4.78 is 7.17. The molecule has 2 aromatic rings. The Morgan fingerprint density at radius 3 is 2.54 bits per heavy atom. The Hall–Kier alpha value is -2.55. The number of hydrogen-bond acceptors (Lipinski definition) is 6. The molecule has 0 spiro atoms. The summed E-state index contributed by atoms with van der Waals surface area (Å²) in [6.45, 7) is 6.66. The quantitative estimate of drug-likeness (QED) is 0.261. The van der Waals surface area contributed by atoms with E-state index in [1.807, 2.05) is 31.2 Å². The van der Waals surface area contributed by atoms with Gasteiger partial charge in [0.05, 0.1) is 6.61 Å². The van der Waals surface area contributed by atoms with Crippen molar-refractivity contribution in [3.8, 4) is 5.88 Å². The summed E-state index contributed by atoms with van der Waals surface area (Å²) >= 11 is 1.37. The molecule has 0 aliphatic heterocycles. The van der Waals surface area contributed by atoms with Gasteiger partial charge in [0.15, 0.2) is 0 Å². The average Bonchev–Trinajstić information content (AvgIpc) is 2.82. The van der Waals surface area contributed by atoms with Gasteiger partial charge in [0.1, 0.15) is 4.75 Å². The molecule has 0 saturated carbocycles. The van der Waals surface area contributed by atoms with Crippen LogP contribution in [-0.4, -0.2) is 36.8 Å². The van der Waals surface area contributed by atoms with E-state index in [4.69, 9.17) is 4.74 Å². The molecule has 194 valence electrons. The summed E-state index contributed by atoms with van der Waals surface area (Å²) in [5.74, 6) is -0.860. The van der Waals surface area contributed by atoms with Gasteiger partial charge in [-0.3, -0.25) is 14.2 Å². The number of rotatable bonds is 16. The molecule has 0 aliphatic carbocycles. The Morgan fingerprint density at radius 2 is 1.86 bits per heavy atom. The maximum atomic E-state index is 12.4. The van der Waals surface area contributed by atoms with Crippen LogP contribution in [0.4, 0.5) is 0 Å². The minimum absolute atomic E-state index is 0.0539. The van der Waals surface area contributed by atoms with Gasteiger partial charge in [0.25, 0.3) is 5.88 Å². The lowest BCUT2D eigenvalue weighted by molar-refractivity contribution is -0.139. The second-order valence-electron chi connectivity index (χ2n) is 9.08. The normalized spacial score (nSPS) is 12.9. The van der Waals surface area contributed by atoms with Crippen LogP contribution in [0.5, 0.6) is 5.88 Å². The summed E-state index contributed by atoms with van der Waals surface area (Å²) in [7, 11) is 1.44. The molecular formula is C26H39N3O5S. The number of aromatic nitrogens is 3. The van der Waals surface area contributed by atoms with Crippen molar-refractivity contribution in [1.82, 2.24) is 14.3 Å². The second kappa shape index (κ2) is 14.1. The van der Waals surface area contributed by atoms with Gasteiger partial charge in [0.2, 0.25) is 0 Å². The molecule has 0 saturated heterocycles. The molecule has 0 amide bonds. The minimum atomic E-state index is -0.860. The lowest BCUT2D eigenvalue weighted by Crippen LogP contribution is -2.40. The average molecular weight is 506 g/mol. The fourth-order valence-corrected chi connectivity index (χ4v) is 5.12. The largest absolute Gasteiger partial charge is 0.480 e. The number of benzene rings is 1. The first-order valence-electron chi connectivity index (χ1n) is 12.5. The molecule has 9 heteroatoms. The van der Waals surface area contributed by atoms with Gasteiger partial charge in [0, 0.05) is 18.5 Å². The number of unbranched alkanes of at least 4 members (excludes halogenated alkanes) is 4. The molecule has 2 rings (SSSR count). The Kier molecular flexibility index (Phi) is 11.6. The zero-order chi connectivity index (χ0) is 25.8. The number of thioether (sulfide) groups is 1. The van der Waals surface area contributed by atoms with Crippen LogP contribution in [0.15, 0.2) is 38.8 Å². The van der Waals surface area contributed by atoms with Crippen LogP contribution in [0.25, 0.3) is 0 Å². The van der Waals surface area contributed by atoms with Crippen molar-refractivity contribution in [2.45, 2.75) is 94.7 Å². The molecule has 1 N–H and O–H groups in total. The van der Waals surface area contributed by atoms with Crippen LogP contribution < -0.4 is 16.0 Å². The maximum Gasteiger partial charge on any atom is 0.347 e. The smallest absolute Gasteiger partial charge is 0.347 e. The predicted octanol–water partition coefficient (Wildman–Crippen LogP) is 4.66. The van der Waals surface area contributed by atoms with E-state index in [1.165, 1.54) is 29.9 Å². The van der Waals surface area contributed by atoms with Crippen molar-refractivity contribution in [2.75, 3.05) is 6.61 Å². The van der Waals surface area contributed by atoms with E-state index in [0.717, 1.165) is 47.1 Å². The van der Waals surface area contributed by atoms with Crippen molar-refractivity contribution in [3.05, 3.63) is 50.7 Å². The molecule has 1 heterocycles. The summed E-state index contributed by atoms with van der Waals surface area (Å²) in [5.41, 5.74) is 0.115. The molecule has 8 nitrogen and oxygen atoms in total. The van der Waals surface area contributed by atoms with Gasteiger partial charge in [-0.2, -0.15) is 0 Å². The van der Waals surface area contributed by atoms with Gasteiger partial charge in [-0.1, -0.05) is 58.1 Å². The molecule has 0 radical (unpaired) electrons. The SMILES string of the molecule is CCCCCCCn1nc(OCCCc2cccc(SC(C)(CCC)C(=O)O)c2)c(=O)n(C)c1=O. The van der Waals surface area contributed by atoms with Crippen molar-refractivity contribution in [2.24, 2.45) is 7.05 Å². The lowest BCUT2D eigenvalue weighted by atomic mass is 10.1. The highest BCUT2D eigenvalue weighted by Crippen LogP contribution is 2.37. The fourth-order valence-electron chi connectivity index (χ4n) is 3.85. The molecule has 0 fully saturated rings. The number of hydrogen-bond donors (Lipinski definition) is 1. The Bertz CT molecular complexity index is 1080. The zero-order valence-corrected chi connectivity index (χ0v) is 22.2. The van der Waals surface area contributed by atoms with Crippen LogP contribution in [0.2, 0.25) is 0 Å². The van der Waals surface area contributed by atoms with Gasteiger partial charge in [-0.05, 0) is 50.3 Å².